The second-order valence-corrected chi connectivity index (χ2v) is 13.8. The normalized spacial score (nSPS) is 20.8. The number of aryl methyl sites for hydroxylation is 1. The molecule has 9 heteroatoms. The summed E-state index contributed by atoms with van der Waals surface area (Å²) >= 11 is 0. The molecule has 0 N–H and O–H groups in total. The Kier molecular flexibility index (Phi) is 12.0. The van der Waals surface area contributed by atoms with E-state index in [1.54, 1.807) is 12.1 Å². The van der Waals surface area contributed by atoms with Gasteiger partial charge in [-0.25, -0.2) is 0 Å². The fourth-order valence-corrected chi connectivity index (χ4v) is 6.87. The van der Waals surface area contributed by atoms with Crippen molar-refractivity contribution in [3.8, 4) is 0 Å². The third kappa shape index (κ3) is 9.19. The molecule has 1 fully saturated rings. The number of hydrogen-bond acceptors (Lipinski definition) is 8. The molecule has 258 valence electrons. The summed E-state index contributed by atoms with van der Waals surface area (Å²) in [5.74, 6) is -0.618. The highest BCUT2D eigenvalue weighted by molar-refractivity contribution is 7.86. The zero-order chi connectivity index (χ0) is 34.8. The molecule has 1 aliphatic carbocycles. The summed E-state index contributed by atoms with van der Waals surface area (Å²) in [4.78, 5) is 14.6. The summed E-state index contributed by atoms with van der Waals surface area (Å²) in [6.45, 7) is 2.27. The fourth-order valence-electron chi connectivity index (χ4n) is 5.81. The first kappa shape index (κ1) is 35.3. The minimum Gasteiger partial charge on any atom is -0.368 e. The molecule has 0 aromatic heterocycles. The number of hydrogen-bond donors (Lipinski definition) is 0. The van der Waals surface area contributed by atoms with E-state index in [1.165, 1.54) is 12.1 Å². The molecule has 0 amide bonds. The van der Waals surface area contributed by atoms with Crippen molar-refractivity contribution in [3.63, 3.8) is 0 Å². The third-order valence-corrected chi connectivity index (χ3v) is 9.78. The number of carbonyl (C=O) groups is 1. The van der Waals surface area contributed by atoms with Crippen LogP contribution >= 0.6 is 0 Å². The molecular formula is C41H40O8S. The van der Waals surface area contributed by atoms with Crippen molar-refractivity contribution in [2.45, 2.75) is 68.8 Å². The molecule has 0 saturated heterocycles. The summed E-state index contributed by atoms with van der Waals surface area (Å²) < 4.78 is 59.5. The molecule has 5 atom stereocenters. The summed E-state index contributed by atoms with van der Waals surface area (Å²) in [5, 5.41) is 0. The van der Waals surface area contributed by atoms with Gasteiger partial charge in [0.15, 0.2) is 11.9 Å². The van der Waals surface area contributed by atoms with Crippen LogP contribution in [-0.4, -0.2) is 44.7 Å². The second-order valence-electron chi connectivity index (χ2n) is 12.2. The van der Waals surface area contributed by atoms with E-state index < -0.39 is 46.4 Å². The van der Waals surface area contributed by atoms with Gasteiger partial charge in [-0.1, -0.05) is 139 Å². The minimum atomic E-state index is -4.43. The van der Waals surface area contributed by atoms with Crippen LogP contribution < -0.4 is 0 Å². The lowest BCUT2D eigenvalue weighted by molar-refractivity contribution is -0.228. The lowest BCUT2D eigenvalue weighted by atomic mass is 9.85. The van der Waals surface area contributed by atoms with E-state index >= 15 is 0 Å². The molecule has 50 heavy (non-hydrogen) atoms. The van der Waals surface area contributed by atoms with Gasteiger partial charge in [0.25, 0.3) is 10.1 Å². The Bertz CT molecular complexity index is 1890. The predicted octanol–water partition coefficient (Wildman–Crippen LogP) is 6.99. The first-order valence-electron chi connectivity index (χ1n) is 16.5. The maximum Gasteiger partial charge on any atom is 0.297 e. The first-order valence-corrected chi connectivity index (χ1v) is 17.9. The van der Waals surface area contributed by atoms with E-state index in [-0.39, 0.29) is 31.3 Å². The number of rotatable bonds is 15. The van der Waals surface area contributed by atoms with E-state index in [0.29, 0.717) is 0 Å². The summed E-state index contributed by atoms with van der Waals surface area (Å²) in [6.07, 6.45) is -6.03. The van der Waals surface area contributed by atoms with Gasteiger partial charge in [0.1, 0.15) is 24.4 Å². The van der Waals surface area contributed by atoms with Crippen LogP contribution in [0.4, 0.5) is 0 Å². The average Bonchev–Trinajstić information content (AvgIpc) is 3.15. The molecule has 1 aliphatic rings. The van der Waals surface area contributed by atoms with Crippen LogP contribution in [-0.2, 0) is 64.5 Å². The van der Waals surface area contributed by atoms with Gasteiger partial charge in [-0.15, -0.1) is 0 Å². The molecule has 0 unspecified atom stereocenters. The van der Waals surface area contributed by atoms with Gasteiger partial charge in [0, 0.05) is 0 Å². The standard InChI is InChI=1S/C41H40O8S/c1-30-22-24-35(25-23-30)50(43,44)49-38-36(42)37(45-26-31-14-6-2-7-15-31)39(46-27-32-16-8-3-9-17-32)41(48-29-34-20-12-5-13-21-34)40(38)47-28-33-18-10-4-11-19-33/h2-25,37-41H,26-29H2,1H3/t37-,38+,39+,40-,41-/m1/s1. The maximum atomic E-state index is 14.6. The maximum absolute atomic E-state index is 14.6. The first-order chi connectivity index (χ1) is 24.4. The van der Waals surface area contributed by atoms with Gasteiger partial charge in [0.2, 0.25) is 0 Å². The van der Waals surface area contributed by atoms with Crippen molar-refractivity contribution < 1.29 is 36.3 Å². The van der Waals surface area contributed by atoms with Crippen molar-refractivity contribution in [1.29, 1.82) is 0 Å². The van der Waals surface area contributed by atoms with Crippen molar-refractivity contribution >= 4 is 15.9 Å². The van der Waals surface area contributed by atoms with Crippen molar-refractivity contribution in [3.05, 3.63) is 173 Å². The smallest absolute Gasteiger partial charge is 0.297 e. The molecule has 8 nitrogen and oxygen atoms in total. The number of benzene rings is 5. The van der Waals surface area contributed by atoms with Crippen LogP contribution in [0.15, 0.2) is 150 Å². The van der Waals surface area contributed by atoms with Crippen LogP contribution in [0.2, 0.25) is 0 Å². The van der Waals surface area contributed by atoms with Gasteiger partial charge in [0.05, 0.1) is 31.3 Å². The predicted molar refractivity (Wildman–Crippen MR) is 188 cm³/mol. The quantitative estimate of drug-likeness (QED) is 0.108. The molecule has 5 aromatic carbocycles. The van der Waals surface area contributed by atoms with E-state index in [9.17, 15) is 13.2 Å². The lowest BCUT2D eigenvalue weighted by Crippen LogP contribution is -2.65. The van der Waals surface area contributed by atoms with Crippen LogP contribution in [0, 0.1) is 6.92 Å². The molecular weight excluding hydrogens is 653 g/mol. The van der Waals surface area contributed by atoms with E-state index in [4.69, 9.17) is 23.1 Å². The highest BCUT2D eigenvalue weighted by atomic mass is 32.2. The molecule has 0 radical (unpaired) electrons. The van der Waals surface area contributed by atoms with Gasteiger partial charge in [-0.3, -0.25) is 8.98 Å². The van der Waals surface area contributed by atoms with Crippen LogP contribution in [0.3, 0.4) is 0 Å². The molecule has 1 saturated carbocycles. The lowest BCUT2D eigenvalue weighted by Gasteiger charge is -2.44. The largest absolute Gasteiger partial charge is 0.368 e. The molecule has 0 bridgehead atoms. The SMILES string of the molecule is Cc1ccc(S(=O)(=O)O[C@H]2C(=O)[C@@H](OCc3ccccc3)[C@H](OCc3ccccc3)[C@@H](OCc3ccccc3)[C@@H]2OCc2ccccc2)cc1. The van der Waals surface area contributed by atoms with Crippen LogP contribution in [0.25, 0.3) is 0 Å². The van der Waals surface area contributed by atoms with E-state index in [0.717, 1.165) is 27.8 Å². The number of ketones is 1. The zero-order valence-corrected chi connectivity index (χ0v) is 28.6. The highest BCUT2D eigenvalue weighted by Crippen LogP contribution is 2.34. The topological polar surface area (TPSA) is 97.4 Å². The number of ether oxygens (including phenoxy) is 4. The Labute approximate surface area is 293 Å². The van der Waals surface area contributed by atoms with Gasteiger partial charge >= 0.3 is 0 Å². The Morgan fingerprint density at radius 2 is 0.820 bits per heavy atom. The van der Waals surface area contributed by atoms with Gasteiger partial charge < -0.3 is 18.9 Å². The van der Waals surface area contributed by atoms with Crippen LogP contribution in [0.1, 0.15) is 27.8 Å². The third-order valence-electron chi connectivity index (χ3n) is 8.47. The number of carbonyl (C=O) groups excluding carboxylic acids is 1. The monoisotopic (exact) mass is 692 g/mol. The molecule has 6 rings (SSSR count). The number of Topliss-reactive ketones (excluding diaryl/α,β-unsaturated/α-hetero) is 1. The van der Waals surface area contributed by atoms with Gasteiger partial charge in [-0.2, -0.15) is 8.42 Å². The van der Waals surface area contributed by atoms with Crippen molar-refractivity contribution in [2.24, 2.45) is 0 Å². The second kappa shape index (κ2) is 17.0. The highest BCUT2D eigenvalue weighted by Gasteiger charge is 2.55. The Hall–Kier alpha value is -4.48. The summed E-state index contributed by atoms with van der Waals surface area (Å²) in [7, 11) is -4.43. The summed E-state index contributed by atoms with van der Waals surface area (Å²) in [6, 6.07) is 44.2. The summed E-state index contributed by atoms with van der Waals surface area (Å²) in [5.41, 5.74) is 4.29. The molecule has 5 aromatic rings. The Morgan fingerprint density at radius 3 is 1.24 bits per heavy atom. The van der Waals surface area contributed by atoms with E-state index in [2.05, 4.69) is 0 Å². The molecule has 0 heterocycles. The fraction of sp³-hybridized carbons (Fsp3) is 0.244. The molecule has 0 spiro atoms. The van der Waals surface area contributed by atoms with Crippen LogP contribution in [0.5, 0.6) is 0 Å². The molecule has 0 aliphatic heterocycles. The minimum absolute atomic E-state index is 0.0648. The van der Waals surface area contributed by atoms with Crippen molar-refractivity contribution in [1.82, 2.24) is 0 Å². The van der Waals surface area contributed by atoms with Gasteiger partial charge in [-0.05, 0) is 41.3 Å². The Balaban J connectivity index is 1.40. The Morgan fingerprint density at radius 1 is 0.460 bits per heavy atom. The average molecular weight is 693 g/mol. The zero-order valence-electron chi connectivity index (χ0n) is 27.7. The van der Waals surface area contributed by atoms with E-state index in [1.807, 2.05) is 128 Å². The van der Waals surface area contributed by atoms with Crippen molar-refractivity contribution in [2.75, 3.05) is 0 Å².